The summed E-state index contributed by atoms with van der Waals surface area (Å²) in [5.41, 5.74) is 3.20. The highest BCUT2D eigenvalue weighted by atomic mass is 19.1. The van der Waals surface area contributed by atoms with Crippen LogP contribution in [0.25, 0.3) is 22.1 Å². The summed E-state index contributed by atoms with van der Waals surface area (Å²) in [5, 5.41) is 1.79. The summed E-state index contributed by atoms with van der Waals surface area (Å²) >= 11 is 0. The minimum absolute atomic E-state index is 0.196. The predicted octanol–water partition coefficient (Wildman–Crippen LogP) is 4.00. The Morgan fingerprint density at radius 3 is 2.64 bits per heavy atom. The second-order valence-electron chi connectivity index (χ2n) is 5.70. The molecule has 5 heteroatoms. The van der Waals surface area contributed by atoms with Crippen LogP contribution in [0.2, 0.25) is 0 Å². The van der Waals surface area contributed by atoms with Crippen LogP contribution in [0.4, 0.5) is 10.1 Å². The largest absolute Gasteiger partial charge is 0.435 e. The molecule has 0 spiro atoms. The van der Waals surface area contributed by atoms with Crippen LogP contribution in [-0.2, 0) is 0 Å². The molecule has 22 heavy (non-hydrogen) atoms. The Kier molecular flexibility index (Phi) is 2.66. The summed E-state index contributed by atoms with van der Waals surface area (Å²) in [6.07, 6.45) is 4.26. The lowest BCUT2D eigenvalue weighted by atomic mass is 10.1. The second kappa shape index (κ2) is 4.47. The Morgan fingerprint density at radius 2 is 1.91 bits per heavy atom. The SMILES string of the molecule is Cc1ccc2c(oc3nc(F)ccc32)c1N1C=CN(C)C1C. The van der Waals surface area contributed by atoms with E-state index in [4.69, 9.17) is 4.42 Å². The zero-order chi connectivity index (χ0) is 15.4. The standard InChI is InChI=1S/C17H16FN3O/c1-10-4-5-12-13-6-7-14(18)19-17(13)22-16(12)15(10)21-9-8-20(3)11(21)2/h4-9,11H,1-3H3. The van der Waals surface area contributed by atoms with Crippen molar-refractivity contribution in [3.05, 3.63) is 48.2 Å². The van der Waals surface area contributed by atoms with Crippen LogP contribution >= 0.6 is 0 Å². The normalized spacial score (nSPS) is 18.1. The van der Waals surface area contributed by atoms with E-state index in [0.29, 0.717) is 5.71 Å². The Hall–Kier alpha value is -2.56. The molecule has 112 valence electrons. The molecule has 1 aromatic carbocycles. The summed E-state index contributed by atoms with van der Waals surface area (Å²) in [6.45, 7) is 4.17. The van der Waals surface area contributed by atoms with Gasteiger partial charge in [0.1, 0.15) is 6.17 Å². The monoisotopic (exact) mass is 297 g/mol. The third kappa shape index (κ3) is 1.71. The van der Waals surface area contributed by atoms with Crippen LogP contribution in [0.3, 0.4) is 0 Å². The number of anilines is 1. The molecule has 0 saturated heterocycles. The second-order valence-corrected chi connectivity index (χ2v) is 5.70. The minimum Gasteiger partial charge on any atom is -0.435 e. The summed E-state index contributed by atoms with van der Waals surface area (Å²) in [5.74, 6) is -0.529. The van der Waals surface area contributed by atoms with E-state index < -0.39 is 5.95 Å². The van der Waals surface area contributed by atoms with Crippen LogP contribution in [0, 0.1) is 12.9 Å². The van der Waals surface area contributed by atoms with Crippen LogP contribution in [-0.4, -0.2) is 23.1 Å². The zero-order valence-electron chi connectivity index (χ0n) is 12.7. The molecule has 0 amide bonds. The molecule has 4 nitrogen and oxygen atoms in total. The van der Waals surface area contributed by atoms with Crippen molar-refractivity contribution in [1.29, 1.82) is 0 Å². The number of aryl methyl sites for hydroxylation is 1. The van der Waals surface area contributed by atoms with E-state index in [1.165, 1.54) is 6.07 Å². The van der Waals surface area contributed by atoms with Gasteiger partial charge in [-0.3, -0.25) is 0 Å². The Balaban J connectivity index is 2.03. The maximum Gasteiger partial charge on any atom is 0.230 e. The van der Waals surface area contributed by atoms with Gasteiger partial charge in [0, 0.05) is 30.2 Å². The minimum atomic E-state index is -0.529. The van der Waals surface area contributed by atoms with Crippen molar-refractivity contribution >= 4 is 27.8 Å². The highest BCUT2D eigenvalue weighted by molar-refractivity contribution is 6.08. The van der Waals surface area contributed by atoms with Gasteiger partial charge in [-0.15, -0.1) is 0 Å². The molecule has 4 rings (SSSR count). The van der Waals surface area contributed by atoms with Crippen LogP contribution in [0.5, 0.6) is 0 Å². The Bertz CT molecular complexity index is 915. The van der Waals surface area contributed by atoms with Gasteiger partial charge in [-0.1, -0.05) is 12.1 Å². The van der Waals surface area contributed by atoms with Crippen molar-refractivity contribution in [2.45, 2.75) is 20.0 Å². The van der Waals surface area contributed by atoms with Crippen molar-refractivity contribution in [3.8, 4) is 0 Å². The van der Waals surface area contributed by atoms with Gasteiger partial charge in [0.2, 0.25) is 11.7 Å². The van der Waals surface area contributed by atoms with Crippen LogP contribution < -0.4 is 4.90 Å². The molecule has 0 N–H and O–H groups in total. The molecule has 1 aliphatic heterocycles. The molecule has 1 atom stereocenters. The number of furan rings is 1. The quantitative estimate of drug-likeness (QED) is 0.636. The van der Waals surface area contributed by atoms with Gasteiger partial charge in [-0.05, 0) is 31.5 Å². The van der Waals surface area contributed by atoms with Crippen molar-refractivity contribution in [3.63, 3.8) is 0 Å². The maximum absolute atomic E-state index is 13.4. The van der Waals surface area contributed by atoms with E-state index in [-0.39, 0.29) is 6.17 Å². The van der Waals surface area contributed by atoms with E-state index >= 15 is 0 Å². The molecule has 0 saturated carbocycles. The molecule has 0 radical (unpaired) electrons. The molecular formula is C17H16FN3O. The van der Waals surface area contributed by atoms with E-state index in [9.17, 15) is 4.39 Å². The fraction of sp³-hybridized carbons (Fsp3) is 0.235. The smallest absolute Gasteiger partial charge is 0.230 e. The first-order chi connectivity index (χ1) is 10.6. The fourth-order valence-electron chi connectivity index (χ4n) is 2.99. The lowest BCUT2D eigenvalue weighted by Gasteiger charge is -2.28. The Labute approximate surface area is 127 Å². The van der Waals surface area contributed by atoms with Gasteiger partial charge in [-0.2, -0.15) is 9.37 Å². The number of nitrogens with zero attached hydrogens (tertiary/aromatic N) is 3. The number of fused-ring (bicyclic) bond motifs is 3. The first kappa shape index (κ1) is 13.1. The average molecular weight is 297 g/mol. The summed E-state index contributed by atoms with van der Waals surface area (Å²) < 4.78 is 19.3. The number of aromatic nitrogens is 1. The van der Waals surface area contributed by atoms with Crippen molar-refractivity contribution in [2.24, 2.45) is 0 Å². The number of rotatable bonds is 1. The molecule has 2 aromatic heterocycles. The van der Waals surface area contributed by atoms with Gasteiger partial charge in [0.25, 0.3) is 0 Å². The van der Waals surface area contributed by atoms with E-state index in [1.54, 1.807) is 6.07 Å². The molecule has 3 aromatic rings. The van der Waals surface area contributed by atoms with E-state index in [2.05, 4.69) is 34.7 Å². The number of benzene rings is 1. The third-order valence-corrected chi connectivity index (χ3v) is 4.36. The van der Waals surface area contributed by atoms with E-state index in [0.717, 1.165) is 27.6 Å². The van der Waals surface area contributed by atoms with Crippen LogP contribution in [0.1, 0.15) is 12.5 Å². The molecule has 1 unspecified atom stereocenters. The lowest BCUT2D eigenvalue weighted by Crippen LogP contribution is -2.33. The Morgan fingerprint density at radius 1 is 1.14 bits per heavy atom. The van der Waals surface area contributed by atoms with Gasteiger partial charge in [-0.25, -0.2) is 0 Å². The number of pyridine rings is 1. The van der Waals surface area contributed by atoms with E-state index in [1.807, 2.05) is 25.5 Å². The number of hydrogen-bond donors (Lipinski definition) is 0. The van der Waals surface area contributed by atoms with Gasteiger partial charge in [0.15, 0.2) is 5.58 Å². The van der Waals surface area contributed by atoms with Crippen molar-refractivity contribution in [2.75, 3.05) is 11.9 Å². The first-order valence-electron chi connectivity index (χ1n) is 7.23. The first-order valence-corrected chi connectivity index (χ1v) is 7.23. The van der Waals surface area contributed by atoms with Gasteiger partial charge in [0.05, 0.1) is 5.69 Å². The molecular weight excluding hydrogens is 281 g/mol. The molecule has 0 aliphatic carbocycles. The summed E-state index contributed by atoms with van der Waals surface area (Å²) in [6, 6.07) is 7.16. The average Bonchev–Trinajstić information content (AvgIpc) is 3.00. The third-order valence-electron chi connectivity index (χ3n) is 4.36. The fourth-order valence-corrected chi connectivity index (χ4v) is 2.99. The molecule has 0 fully saturated rings. The zero-order valence-corrected chi connectivity index (χ0v) is 12.7. The summed E-state index contributed by atoms with van der Waals surface area (Å²) in [4.78, 5) is 8.15. The van der Waals surface area contributed by atoms with Crippen molar-refractivity contribution in [1.82, 2.24) is 9.88 Å². The van der Waals surface area contributed by atoms with Gasteiger partial charge < -0.3 is 14.2 Å². The summed E-state index contributed by atoms with van der Waals surface area (Å²) in [7, 11) is 2.03. The highest BCUT2D eigenvalue weighted by Gasteiger charge is 2.25. The molecule has 3 heterocycles. The van der Waals surface area contributed by atoms with Gasteiger partial charge >= 0.3 is 0 Å². The molecule has 0 bridgehead atoms. The van der Waals surface area contributed by atoms with Crippen LogP contribution in [0.15, 0.2) is 41.1 Å². The number of halogens is 1. The number of hydrogen-bond acceptors (Lipinski definition) is 4. The lowest BCUT2D eigenvalue weighted by molar-refractivity contribution is 0.383. The highest BCUT2D eigenvalue weighted by Crippen LogP contribution is 2.38. The molecule has 1 aliphatic rings. The predicted molar refractivity (Wildman–Crippen MR) is 85.1 cm³/mol. The maximum atomic E-state index is 13.4. The van der Waals surface area contributed by atoms with Crippen molar-refractivity contribution < 1.29 is 8.81 Å². The topological polar surface area (TPSA) is 32.5 Å².